The van der Waals surface area contributed by atoms with Crippen molar-refractivity contribution in [1.82, 2.24) is 0 Å². The number of anilines is 2. The van der Waals surface area contributed by atoms with Crippen LogP contribution in [0.3, 0.4) is 0 Å². The quantitative estimate of drug-likeness (QED) is 0.835. The molecule has 108 valence electrons. The summed E-state index contributed by atoms with van der Waals surface area (Å²) in [5.74, 6) is 0.479. The fraction of sp³-hybridized carbons (Fsp3) is 0.188. The summed E-state index contributed by atoms with van der Waals surface area (Å²) >= 11 is 1.59. The molecule has 3 N–H and O–H groups in total. The van der Waals surface area contributed by atoms with Gasteiger partial charge < -0.3 is 15.8 Å². The molecule has 5 heteroatoms. The fourth-order valence-electron chi connectivity index (χ4n) is 2.24. The molecule has 1 aliphatic heterocycles. The summed E-state index contributed by atoms with van der Waals surface area (Å²) in [6.45, 7) is 4.19. The molecule has 2 aromatic rings. The first-order valence-corrected chi connectivity index (χ1v) is 7.46. The summed E-state index contributed by atoms with van der Waals surface area (Å²) in [4.78, 5) is 13.5. The molecule has 2 aromatic carbocycles. The first-order chi connectivity index (χ1) is 10.0. The van der Waals surface area contributed by atoms with Crippen LogP contribution in [0, 0.1) is 13.8 Å². The van der Waals surface area contributed by atoms with Crippen molar-refractivity contribution in [2.75, 3.05) is 17.7 Å². The molecule has 3 rings (SSSR count). The Balaban J connectivity index is 1.95. The number of nitrogen functional groups attached to an aromatic ring is 1. The van der Waals surface area contributed by atoms with E-state index < -0.39 is 0 Å². The zero-order valence-electron chi connectivity index (χ0n) is 11.9. The Kier molecular flexibility index (Phi) is 3.51. The van der Waals surface area contributed by atoms with Gasteiger partial charge in [0.25, 0.3) is 5.91 Å². The third kappa shape index (κ3) is 2.83. The van der Waals surface area contributed by atoms with Crippen molar-refractivity contribution in [3.8, 4) is 5.75 Å². The van der Waals surface area contributed by atoms with Gasteiger partial charge in [-0.1, -0.05) is 29.5 Å². The Morgan fingerprint density at radius 2 is 2.00 bits per heavy atom. The minimum atomic E-state index is -0.144. The van der Waals surface area contributed by atoms with E-state index in [4.69, 9.17) is 10.5 Å². The van der Waals surface area contributed by atoms with Crippen LogP contribution in [0.5, 0.6) is 5.75 Å². The molecule has 0 saturated carbocycles. The Hall–Kier alpha value is -2.14. The molecule has 21 heavy (non-hydrogen) atoms. The first kappa shape index (κ1) is 13.8. The molecule has 0 aliphatic carbocycles. The summed E-state index contributed by atoms with van der Waals surface area (Å²) in [7, 11) is 0. The molecule has 0 unspecified atom stereocenters. The summed E-state index contributed by atoms with van der Waals surface area (Å²) in [6.07, 6.45) is 0. The van der Waals surface area contributed by atoms with Crippen LogP contribution in [0.15, 0.2) is 40.1 Å². The van der Waals surface area contributed by atoms with Crippen LogP contribution in [-0.4, -0.2) is 12.5 Å². The summed E-state index contributed by atoms with van der Waals surface area (Å²) in [5, 5.41) is 2.80. The molecule has 4 nitrogen and oxygen atoms in total. The number of rotatable bonds is 2. The predicted molar refractivity (Wildman–Crippen MR) is 85.0 cm³/mol. The topological polar surface area (TPSA) is 64.3 Å². The number of hydrogen-bond donors (Lipinski definition) is 2. The second-order valence-corrected chi connectivity index (χ2v) is 6.18. The van der Waals surface area contributed by atoms with Gasteiger partial charge in [-0.3, -0.25) is 4.79 Å². The van der Waals surface area contributed by atoms with E-state index >= 15 is 0 Å². The second kappa shape index (κ2) is 5.33. The number of fused-ring (bicyclic) bond motifs is 1. The highest BCUT2D eigenvalue weighted by molar-refractivity contribution is 7.99. The highest BCUT2D eigenvalue weighted by atomic mass is 32.2. The third-order valence-corrected chi connectivity index (χ3v) is 4.55. The van der Waals surface area contributed by atoms with E-state index in [1.807, 2.05) is 6.07 Å². The molecular formula is C16H16N2O2S. The van der Waals surface area contributed by atoms with Crippen LogP contribution < -0.4 is 15.8 Å². The van der Waals surface area contributed by atoms with E-state index in [2.05, 4.69) is 37.4 Å². The lowest BCUT2D eigenvalue weighted by atomic mass is 10.2. The zero-order valence-corrected chi connectivity index (χ0v) is 12.7. The molecule has 0 spiro atoms. The average Bonchev–Trinajstić information content (AvgIpc) is 2.43. The molecule has 0 aromatic heterocycles. The monoisotopic (exact) mass is 300 g/mol. The van der Waals surface area contributed by atoms with Gasteiger partial charge in [-0.25, -0.2) is 0 Å². The van der Waals surface area contributed by atoms with Crippen molar-refractivity contribution < 1.29 is 9.53 Å². The van der Waals surface area contributed by atoms with Gasteiger partial charge in [0, 0.05) is 21.5 Å². The van der Waals surface area contributed by atoms with E-state index in [1.54, 1.807) is 17.8 Å². The van der Waals surface area contributed by atoms with Gasteiger partial charge in [0.2, 0.25) is 0 Å². The molecule has 0 atom stereocenters. The van der Waals surface area contributed by atoms with Crippen LogP contribution in [0.4, 0.5) is 11.4 Å². The number of carbonyl (C=O) groups excluding carboxylic acids is 1. The van der Waals surface area contributed by atoms with Crippen LogP contribution in [0.25, 0.3) is 0 Å². The zero-order chi connectivity index (χ0) is 15.0. The van der Waals surface area contributed by atoms with Gasteiger partial charge in [-0.2, -0.15) is 0 Å². The molecule has 0 saturated heterocycles. The Morgan fingerprint density at radius 3 is 2.76 bits per heavy atom. The van der Waals surface area contributed by atoms with Gasteiger partial charge in [0.15, 0.2) is 6.61 Å². The third-order valence-electron chi connectivity index (χ3n) is 3.30. The standard InChI is InChI=1S/C16H16N2O2S/c1-9-3-4-14(10(2)5-9)21-15-7-12-13(6-11(15)17)20-8-16(19)18-12/h3-7H,8,17H2,1-2H3,(H,18,19). The normalized spacial score (nSPS) is 13.3. The molecule has 1 heterocycles. The number of amides is 1. The minimum Gasteiger partial charge on any atom is -0.482 e. The summed E-state index contributed by atoms with van der Waals surface area (Å²) < 4.78 is 5.36. The molecule has 0 fully saturated rings. The van der Waals surface area contributed by atoms with Gasteiger partial charge >= 0.3 is 0 Å². The maximum atomic E-state index is 11.4. The van der Waals surface area contributed by atoms with E-state index in [9.17, 15) is 4.79 Å². The number of benzene rings is 2. The average molecular weight is 300 g/mol. The predicted octanol–water partition coefficient (Wildman–Crippen LogP) is 3.37. The second-order valence-electron chi connectivity index (χ2n) is 5.09. The van der Waals surface area contributed by atoms with Crippen molar-refractivity contribution in [2.24, 2.45) is 0 Å². The van der Waals surface area contributed by atoms with Crippen LogP contribution in [0.1, 0.15) is 11.1 Å². The molecular weight excluding hydrogens is 284 g/mol. The maximum Gasteiger partial charge on any atom is 0.262 e. The van der Waals surface area contributed by atoms with Crippen molar-refractivity contribution in [3.05, 3.63) is 41.5 Å². The number of hydrogen-bond acceptors (Lipinski definition) is 4. The Morgan fingerprint density at radius 1 is 1.19 bits per heavy atom. The highest BCUT2D eigenvalue weighted by Gasteiger charge is 2.18. The maximum absolute atomic E-state index is 11.4. The van der Waals surface area contributed by atoms with Crippen molar-refractivity contribution in [3.63, 3.8) is 0 Å². The lowest BCUT2D eigenvalue weighted by molar-refractivity contribution is -0.118. The summed E-state index contributed by atoms with van der Waals surface area (Å²) in [5.41, 5.74) is 9.85. The molecule has 0 bridgehead atoms. The van der Waals surface area contributed by atoms with E-state index in [0.717, 1.165) is 9.79 Å². The van der Waals surface area contributed by atoms with Crippen molar-refractivity contribution >= 4 is 29.0 Å². The van der Waals surface area contributed by atoms with Gasteiger partial charge in [0.1, 0.15) is 5.75 Å². The largest absolute Gasteiger partial charge is 0.482 e. The number of carbonyl (C=O) groups is 1. The van der Waals surface area contributed by atoms with Crippen molar-refractivity contribution in [2.45, 2.75) is 23.6 Å². The van der Waals surface area contributed by atoms with Crippen LogP contribution >= 0.6 is 11.8 Å². The highest BCUT2D eigenvalue weighted by Crippen LogP contribution is 2.40. The van der Waals surface area contributed by atoms with Crippen molar-refractivity contribution in [1.29, 1.82) is 0 Å². The lowest BCUT2D eigenvalue weighted by Crippen LogP contribution is -2.25. The van der Waals surface area contributed by atoms with Gasteiger partial charge in [-0.05, 0) is 31.5 Å². The first-order valence-electron chi connectivity index (χ1n) is 6.64. The van der Waals surface area contributed by atoms with Crippen LogP contribution in [-0.2, 0) is 4.79 Å². The fourth-order valence-corrected chi connectivity index (χ4v) is 3.19. The Labute approximate surface area is 127 Å². The molecule has 1 amide bonds. The smallest absolute Gasteiger partial charge is 0.262 e. The van der Waals surface area contributed by atoms with Gasteiger partial charge in [-0.15, -0.1) is 0 Å². The van der Waals surface area contributed by atoms with Gasteiger partial charge in [0.05, 0.1) is 5.69 Å². The minimum absolute atomic E-state index is 0.0377. The van der Waals surface area contributed by atoms with E-state index in [-0.39, 0.29) is 12.5 Å². The van der Waals surface area contributed by atoms with E-state index in [1.165, 1.54) is 11.1 Å². The van der Waals surface area contributed by atoms with E-state index in [0.29, 0.717) is 17.1 Å². The molecule has 0 radical (unpaired) electrons. The number of nitrogens with two attached hydrogens (primary N) is 1. The van der Waals surface area contributed by atoms with Crippen LogP contribution in [0.2, 0.25) is 0 Å². The molecule has 1 aliphatic rings. The number of ether oxygens (including phenoxy) is 1. The summed E-state index contributed by atoms with van der Waals surface area (Å²) in [6, 6.07) is 9.94. The Bertz CT molecular complexity index is 728. The number of nitrogens with one attached hydrogen (secondary N) is 1. The number of aryl methyl sites for hydroxylation is 2. The SMILES string of the molecule is Cc1ccc(Sc2cc3c(cc2N)OCC(=O)N3)c(C)c1. The lowest BCUT2D eigenvalue weighted by Gasteiger charge is -2.20.